The van der Waals surface area contributed by atoms with Crippen molar-refractivity contribution < 1.29 is 5.11 Å². The van der Waals surface area contributed by atoms with Crippen molar-refractivity contribution in [3.8, 4) is 0 Å². The van der Waals surface area contributed by atoms with Gasteiger partial charge in [-0.2, -0.15) is 0 Å². The van der Waals surface area contributed by atoms with Crippen molar-refractivity contribution in [2.75, 3.05) is 0 Å². The van der Waals surface area contributed by atoms with Crippen LogP contribution in [0.3, 0.4) is 0 Å². The Labute approximate surface area is 90.8 Å². The molecule has 1 heterocycles. The van der Waals surface area contributed by atoms with Crippen molar-refractivity contribution in [3.05, 3.63) is 21.4 Å². The lowest BCUT2D eigenvalue weighted by molar-refractivity contribution is 0.107. The number of thiophene rings is 1. The number of aliphatic hydroxyl groups excluding tert-OH is 1. The first-order chi connectivity index (χ1) is 6.60. The normalized spacial score (nSPS) is 13.6. The van der Waals surface area contributed by atoms with Gasteiger partial charge in [-0.25, -0.2) is 0 Å². The lowest BCUT2D eigenvalue weighted by Gasteiger charge is -2.18. The molecule has 0 amide bonds. The summed E-state index contributed by atoms with van der Waals surface area (Å²) in [6.07, 6.45) is 1.84. The van der Waals surface area contributed by atoms with Crippen molar-refractivity contribution >= 4 is 11.3 Å². The van der Waals surface area contributed by atoms with Crippen LogP contribution in [0.15, 0.2) is 6.07 Å². The van der Waals surface area contributed by atoms with E-state index in [1.165, 1.54) is 10.4 Å². The molecule has 0 spiro atoms. The first-order valence-electron chi connectivity index (χ1n) is 5.35. The van der Waals surface area contributed by atoms with Crippen LogP contribution >= 0.6 is 11.3 Å². The van der Waals surface area contributed by atoms with Crippen LogP contribution in [0.2, 0.25) is 0 Å². The monoisotopic (exact) mass is 212 g/mol. The van der Waals surface area contributed by atoms with Crippen molar-refractivity contribution in [1.82, 2.24) is 0 Å². The molecule has 14 heavy (non-hydrogen) atoms. The average Bonchev–Trinajstić information content (AvgIpc) is 2.49. The van der Waals surface area contributed by atoms with Gasteiger partial charge in [0.05, 0.1) is 6.10 Å². The summed E-state index contributed by atoms with van der Waals surface area (Å²) in [5.41, 5.74) is 1.30. The molecule has 1 N–H and O–H groups in total. The summed E-state index contributed by atoms with van der Waals surface area (Å²) >= 11 is 1.73. The number of hydrogen-bond donors (Lipinski definition) is 1. The zero-order valence-corrected chi connectivity index (χ0v) is 10.3. The summed E-state index contributed by atoms with van der Waals surface area (Å²) in [6.45, 7) is 8.51. The molecular formula is C12H20OS. The van der Waals surface area contributed by atoms with E-state index in [0.29, 0.717) is 5.92 Å². The second-order valence-corrected chi connectivity index (χ2v) is 5.20. The van der Waals surface area contributed by atoms with Crippen LogP contribution in [0.4, 0.5) is 0 Å². The van der Waals surface area contributed by atoms with E-state index in [1.807, 2.05) is 0 Å². The lowest BCUT2D eigenvalue weighted by atomic mass is 9.95. The van der Waals surface area contributed by atoms with Gasteiger partial charge in [-0.05, 0) is 31.4 Å². The first kappa shape index (κ1) is 11.7. The van der Waals surface area contributed by atoms with Gasteiger partial charge in [0, 0.05) is 9.75 Å². The minimum atomic E-state index is -0.262. The van der Waals surface area contributed by atoms with Gasteiger partial charge in [-0.15, -0.1) is 11.3 Å². The Morgan fingerprint density at radius 1 is 1.29 bits per heavy atom. The molecule has 0 saturated carbocycles. The Balaban J connectivity index is 2.82. The molecule has 0 aliphatic carbocycles. The molecule has 0 aliphatic rings. The van der Waals surface area contributed by atoms with Gasteiger partial charge in [0.25, 0.3) is 0 Å². The van der Waals surface area contributed by atoms with Crippen molar-refractivity contribution in [3.63, 3.8) is 0 Å². The van der Waals surface area contributed by atoms with Crippen LogP contribution < -0.4 is 0 Å². The summed E-state index contributed by atoms with van der Waals surface area (Å²) in [5.74, 6) is 0.410. The quantitative estimate of drug-likeness (QED) is 0.804. The van der Waals surface area contributed by atoms with E-state index in [4.69, 9.17) is 0 Å². The zero-order valence-electron chi connectivity index (χ0n) is 9.50. The maximum atomic E-state index is 10.1. The summed E-state index contributed by atoms with van der Waals surface area (Å²) in [4.78, 5) is 2.46. The van der Waals surface area contributed by atoms with Gasteiger partial charge in [0.2, 0.25) is 0 Å². The van der Waals surface area contributed by atoms with E-state index in [1.54, 1.807) is 11.3 Å². The van der Waals surface area contributed by atoms with E-state index in [0.717, 1.165) is 17.7 Å². The minimum absolute atomic E-state index is 0.262. The minimum Gasteiger partial charge on any atom is -0.387 e. The predicted octanol–water partition coefficient (Wildman–Crippen LogP) is 3.83. The smallest absolute Gasteiger partial charge is 0.0910 e. The summed E-state index contributed by atoms with van der Waals surface area (Å²) < 4.78 is 0. The molecule has 0 saturated heterocycles. The van der Waals surface area contributed by atoms with Crippen LogP contribution in [0.25, 0.3) is 0 Å². The molecule has 2 heteroatoms. The van der Waals surface area contributed by atoms with Crippen molar-refractivity contribution in [1.29, 1.82) is 0 Å². The summed E-state index contributed by atoms with van der Waals surface area (Å²) in [5, 5.41) is 10.1. The highest BCUT2D eigenvalue weighted by molar-refractivity contribution is 7.12. The second-order valence-electron chi connectivity index (χ2n) is 3.91. The van der Waals surface area contributed by atoms with E-state index < -0.39 is 0 Å². The van der Waals surface area contributed by atoms with Gasteiger partial charge in [0.1, 0.15) is 0 Å². The molecule has 0 bridgehead atoms. The third kappa shape index (κ3) is 2.37. The van der Waals surface area contributed by atoms with Gasteiger partial charge < -0.3 is 5.11 Å². The molecule has 0 radical (unpaired) electrons. The molecule has 1 atom stereocenters. The van der Waals surface area contributed by atoms with Crippen LogP contribution in [0.1, 0.15) is 48.1 Å². The largest absolute Gasteiger partial charge is 0.387 e. The van der Waals surface area contributed by atoms with Crippen molar-refractivity contribution in [2.24, 2.45) is 5.92 Å². The SMILES string of the molecule is CCC(CC)C(O)c1cc(C)c(C)s1. The highest BCUT2D eigenvalue weighted by atomic mass is 32.1. The first-order valence-corrected chi connectivity index (χ1v) is 6.16. The predicted molar refractivity (Wildman–Crippen MR) is 62.8 cm³/mol. The molecule has 1 nitrogen and oxygen atoms in total. The summed E-state index contributed by atoms with van der Waals surface area (Å²) in [6, 6.07) is 2.13. The Hall–Kier alpha value is -0.340. The molecule has 1 rings (SSSR count). The number of hydrogen-bond acceptors (Lipinski definition) is 2. The zero-order chi connectivity index (χ0) is 10.7. The van der Waals surface area contributed by atoms with E-state index >= 15 is 0 Å². The number of rotatable bonds is 4. The van der Waals surface area contributed by atoms with Crippen molar-refractivity contribution in [2.45, 2.75) is 46.6 Å². The number of aryl methyl sites for hydroxylation is 2. The molecule has 80 valence electrons. The Kier molecular flexibility index (Phi) is 4.14. The van der Waals surface area contributed by atoms with Gasteiger partial charge in [-0.3, -0.25) is 0 Å². The fraction of sp³-hybridized carbons (Fsp3) is 0.667. The third-order valence-corrected chi connectivity index (χ3v) is 4.20. The van der Waals surface area contributed by atoms with E-state index in [2.05, 4.69) is 33.8 Å². The molecule has 0 fully saturated rings. The fourth-order valence-electron chi connectivity index (χ4n) is 1.72. The molecule has 0 aliphatic heterocycles. The van der Waals surface area contributed by atoms with Gasteiger partial charge in [0.15, 0.2) is 0 Å². The maximum absolute atomic E-state index is 10.1. The molecule has 1 aromatic rings. The highest BCUT2D eigenvalue weighted by Gasteiger charge is 2.19. The molecular weight excluding hydrogens is 192 g/mol. The second kappa shape index (κ2) is 4.94. The Morgan fingerprint density at radius 2 is 1.86 bits per heavy atom. The molecule has 1 aromatic heterocycles. The van der Waals surface area contributed by atoms with Crippen LogP contribution in [0, 0.1) is 19.8 Å². The Morgan fingerprint density at radius 3 is 2.21 bits per heavy atom. The van der Waals surface area contributed by atoms with Crippen LogP contribution in [0.5, 0.6) is 0 Å². The van der Waals surface area contributed by atoms with E-state index in [-0.39, 0.29) is 6.10 Å². The van der Waals surface area contributed by atoms with Crippen LogP contribution in [-0.2, 0) is 0 Å². The number of aliphatic hydroxyl groups is 1. The van der Waals surface area contributed by atoms with Gasteiger partial charge in [-0.1, -0.05) is 26.7 Å². The van der Waals surface area contributed by atoms with Gasteiger partial charge >= 0.3 is 0 Å². The molecule has 1 unspecified atom stereocenters. The van der Waals surface area contributed by atoms with Crippen LogP contribution in [-0.4, -0.2) is 5.11 Å². The average molecular weight is 212 g/mol. The fourth-order valence-corrected chi connectivity index (χ4v) is 2.84. The maximum Gasteiger partial charge on any atom is 0.0910 e. The topological polar surface area (TPSA) is 20.2 Å². The highest BCUT2D eigenvalue weighted by Crippen LogP contribution is 2.33. The third-order valence-electron chi connectivity index (χ3n) is 2.97. The Bertz CT molecular complexity index is 267. The summed E-state index contributed by atoms with van der Waals surface area (Å²) in [7, 11) is 0. The molecule has 0 aromatic carbocycles. The standard InChI is InChI=1S/C12H20OS/c1-5-10(6-2)12(13)11-7-8(3)9(4)14-11/h7,10,12-13H,5-6H2,1-4H3. The van der Waals surface area contributed by atoms with E-state index in [9.17, 15) is 5.11 Å². The lowest BCUT2D eigenvalue weighted by Crippen LogP contribution is -2.09.